The molecule has 2 unspecified atom stereocenters. The molecule has 0 heterocycles. The third-order valence-electron chi connectivity index (χ3n) is 6.97. The molecule has 3 saturated carbocycles. The molecule has 0 spiro atoms. The van der Waals surface area contributed by atoms with Crippen LogP contribution in [0, 0.1) is 41.4 Å². The van der Waals surface area contributed by atoms with E-state index in [2.05, 4.69) is 24.8 Å². The van der Waals surface area contributed by atoms with Crippen LogP contribution in [0.1, 0.15) is 71.1 Å². The van der Waals surface area contributed by atoms with Gasteiger partial charge in [-0.1, -0.05) is 49.7 Å². The van der Waals surface area contributed by atoms with Crippen LogP contribution in [0.3, 0.4) is 0 Å². The van der Waals surface area contributed by atoms with Crippen LogP contribution in [-0.4, -0.2) is 33.5 Å². The number of carbonyl (C=O) groups is 1. The third kappa shape index (κ3) is 4.58. The Labute approximate surface area is 163 Å². The van der Waals surface area contributed by atoms with Crippen LogP contribution in [0.2, 0.25) is 0 Å². The molecule has 0 aromatic carbocycles. The Bertz CT molecular complexity index is 608. The zero-order chi connectivity index (χ0) is 19.4. The fourth-order valence-corrected chi connectivity index (χ4v) is 5.63. The number of carboxylic acids is 1. The second-order valence-electron chi connectivity index (χ2n) is 8.66. The van der Waals surface area contributed by atoms with E-state index in [-0.39, 0.29) is 12.3 Å². The number of fused-ring (bicyclic) bond motifs is 1. The Hall–Kier alpha value is -1.31. The number of aliphatic hydroxyl groups is 2. The van der Waals surface area contributed by atoms with Gasteiger partial charge < -0.3 is 15.3 Å². The van der Waals surface area contributed by atoms with Gasteiger partial charge in [-0.2, -0.15) is 0 Å². The first-order valence-corrected chi connectivity index (χ1v) is 10.8. The molecule has 3 rings (SSSR count). The summed E-state index contributed by atoms with van der Waals surface area (Å²) < 4.78 is 0. The van der Waals surface area contributed by atoms with Crippen molar-refractivity contribution in [2.24, 2.45) is 29.6 Å². The van der Waals surface area contributed by atoms with Gasteiger partial charge in [0.05, 0.1) is 12.0 Å². The lowest BCUT2D eigenvalue weighted by Gasteiger charge is -2.55. The lowest BCUT2D eigenvalue weighted by Crippen LogP contribution is -2.51. The van der Waals surface area contributed by atoms with Crippen molar-refractivity contribution in [2.75, 3.05) is 0 Å². The standard InChI is InChI=1S/C23H34O4/c1-2-6-17-16(9-5-10-22(26)27)18-11-14-21(25)19(23(17)18)12-13-20(24)15-7-3-4-8-15/h9,15,17-21,23-25H,2-8,10-11,14H2,1H3,(H,26,27)/b16-9-/t17?,18-,19+,20?,21-,23+/m0/s1. The molecule has 6 atom stereocenters. The lowest BCUT2D eigenvalue weighted by molar-refractivity contribution is -0.136. The van der Waals surface area contributed by atoms with E-state index < -0.39 is 18.2 Å². The predicted molar refractivity (Wildman–Crippen MR) is 105 cm³/mol. The number of hydrogen-bond acceptors (Lipinski definition) is 3. The van der Waals surface area contributed by atoms with Gasteiger partial charge in [0.2, 0.25) is 0 Å². The topological polar surface area (TPSA) is 77.8 Å². The van der Waals surface area contributed by atoms with Crippen molar-refractivity contribution in [1.82, 2.24) is 0 Å². The summed E-state index contributed by atoms with van der Waals surface area (Å²) >= 11 is 0. The Morgan fingerprint density at radius 2 is 2.00 bits per heavy atom. The van der Waals surface area contributed by atoms with Crippen molar-refractivity contribution in [3.05, 3.63) is 11.6 Å². The van der Waals surface area contributed by atoms with E-state index in [9.17, 15) is 15.0 Å². The maximum absolute atomic E-state index is 10.8. The highest BCUT2D eigenvalue weighted by molar-refractivity contribution is 5.66. The fourth-order valence-electron chi connectivity index (χ4n) is 5.63. The molecule has 150 valence electrons. The maximum atomic E-state index is 10.8. The Morgan fingerprint density at radius 3 is 2.67 bits per heavy atom. The molecule has 0 saturated heterocycles. The van der Waals surface area contributed by atoms with Crippen molar-refractivity contribution in [2.45, 2.75) is 83.3 Å². The van der Waals surface area contributed by atoms with Crippen LogP contribution in [0.15, 0.2) is 11.6 Å². The average molecular weight is 375 g/mol. The molecule has 27 heavy (non-hydrogen) atoms. The summed E-state index contributed by atoms with van der Waals surface area (Å²) in [5.74, 6) is 7.07. The first-order chi connectivity index (χ1) is 13.0. The van der Waals surface area contributed by atoms with E-state index in [4.69, 9.17) is 5.11 Å². The molecule has 0 bridgehead atoms. The second kappa shape index (κ2) is 9.26. The Morgan fingerprint density at radius 1 is 1.26 bits per heavy atom. The molecule has 4 nitrogen and oxygen atoms in total. The van der Waals surface area contributed by atoms with Crippen LogP contribution in [0.5, 0.6) is 0 Å². The zero-order valence-electron chi connectivity index (χ0n) is 16.4. The maximum Gasteiger partial charge on any atom is 0.303 e. The molecule has 0 aromatic heterocycles. The fraction of sp³-hybridized carbons (Fsp3) is 0.783. The van der Waals surface area contributed by atoms with E-state index in [0.29, 0.717) is 30.1 Å². The molecule has 0 aromatic rings. The summed E-state index contributed by atoms with van der Waals surface area (Å²) in [6.07, 6.45) is 10.3. The van der Waals surface area contributed by atoms with E-state index in [1.165, 1.54) is 18.4 Å². The quantitative estimate of drug-likeness (QED) is 0.489. The smallest absolute Gasteiger partial charge is 0.303 e. The number of allylic oxidation sites excluding steroid dienone is 2. The van der Waals surface area contributed by atoms with Gasteiger partial charge in [0.15, 0.2) is 0 Å². The number of aliphatic hydroxyl groups excluding tert-OH is 2. The minimum atomic E-state index is -0.751. The summed E-state index contributed by atoms with van der Waals surface area (Å²) in [5, 5.41) is 29.9. The van der Waals surface area contributed by atoms with Crippen LogP contribution in [0.25, 0.3) is 0 Å². The number of carboxylic acid groups (broad SMARTS) is 1. The minimum absolute atomic E-state index is 0.0621. The number of rotatable bonds is 6. The summed E-state index contributed by atoms with van der Waals surface area (Å²) in [4.78, 5) is 10.8. The molecular weight excluding hydrogens is 340 g/mol. The molecule has 4 heteroatoms. The van der Waals surface area contributed by atoms with Crippen molar-refractivity contribution < 1.29 is 20.1 Å². The van der Waals surface area contributed by atoms with E-state index in [0.717, 1.165) is 38.5 Å². The zero-order valence-corrected chi connectivity index (χ0v) is 16.4. The van der Waals surface area contributed by atoms with Gasteiger partial charge in [0, 0.05) is 6.42 Å². The molecule has 0 amide bonds. The monoisotopic (exact) mass is 374 g/mol. The average Bonchev–Trinajstić information content (AvgIpc) is 3.17. The molecule has 3 aliphatic carbocycles. The normalized spacial score (nSPS) is 35.8. The Balaban J connectivity index is 1.72. The van der Waals surface area contributed by atoms with Gasteiger partial charge in [-0.3, -0.25) is 4.79 Å². The van der Waals surface area contributed by atoms with Crippen molar-refractivity contribution in [1.29, 1.82) is 0 Å². The van der Waals surface area contributed by atoms with E-state index in [1.807, 2.05) is 0 Å². The van der Waals surface area contributed by atoms with Crippen molar-refractivity contribution in [3.63, 3.8) is 0 Å². The molecular formula is C23H34O4. The highest BCUT2D eigenvalue weighted by Gasteiger charge is 2.52. The third-order valence-corrected chi connectivity index (χ3v) is 6.97. The first kappa shape index (κ1) is 20.4. The summed E-state index contributed by atoms with van der Waals surface area (Å²) in [6, 6.07) is 0. The van der Waals surface area contributed by atoms with E-state index >= 15 is 0 Å². The predicted octanol–water partition coefficient (Wildman–Crippen LogP) is 3.77. The summed E-state index contributed by atoms with van der Waals surface area (Å²) in [6.45, 7) is 2.17. The van der Waals surface area contributed by atoms with Crippen LogP contribution < -0.4 is 0 Å². The highest BCUT2D eigenvalue weighted by Crippen LogP contribution is 2.57. The second-order valence-corrected chi connectivity index (χ2v) is 8.66. The molecule has 0 aliphatic heterocycles. The van der Waals surface area contributed by atoms with Crippen molar-refractivity contribution >= 4 is 5.97 Å². The molecule has 3 N–H and O–H groups in total. The van der Waals surface area contributed by atoms with E-state index in [1.54, 1.807) is 0 Å². The van der Waals surface area contributed by atoms with Crippen LogP contribution >= 0.6 is 0 Å². The number of hydrogen-bond donors (Lipinski definition) is 3. The molecule has 0 radical (unpaired) electrons. The first-order valence-electron chi connectivity index (χ1n) is 10.8. The van der Waals surface area contributed by atoms with Crippen LogP contribution in [0.4, 0.5) is 0 Å². The Kier molecular flexibility index (Phi) is 7.00. The van der Waals surface area contributed by atoms with Gasteiger partial charge in [0.25, 0.3) is 0 Å². The van der Waals surface area contributed by atoms with Gasteiger partial charge in [-0.25, -0.2) is 0 Å². The van der Waals surface area contributed by atoms with Crippen molar-refractivity contribution in [3.8, 4) is 11.8 Å². The number of aliphatic carboxylic acids is 1. The van der Waals surface area contributed by atoms with Gasteiger partial charge >= 0.3 is 5.97 Å². The van der Waals surface area contributed by atoms with Gasteiger partial charge in [-0.05, 0) is 62.2 Å². The van der Waals surface area contributed by atoms with Crippen LogP contribution in [-0.2, 0) is 4.79 Å². The van der Waals surface area contributed by atoms with Gasteiger partial charge in [0.1, 0.15) is 6.10 Å². The summed E-state index contributed by atoms with van der Waals surface area (Å²) in [7, 11) is 0. The largest absolute Gasteiger partial charge is 0.481 e. The molecule has 3 aliphatic rings. The van der Waals surface area contributed by atoms with Gasteiger partial charge in [-0.15, -0.1) is 0 Å². The molecule has 3 fully saturated rings. The summed E-state index contributed by atoms with van der Waals surface area (Å²) in [5.41, 5.74) is 1.40. The highest BCUT2D eigenvalue weighted by atomic mass is 16.4. The minimum Gasteiger partial charge on any atom is -0.481 e. The lowest BCUT2D eigenvalue weighted by atomic mass is 9.50. The SMILES string of the molecule is CCCC1/C(=C/CCC(=O)O)[C@@H]2CC[C@H](O)[C@@H](C#CC(O)C3CCCC3)[C@H]12.